The fourth-order valence-corrected chi connectivity index (χ4v) is 2.59. The first-order valence-electron chi connectivity index (χ1n) is 8.56. The molecule has 0 fully saturated rings. The molecular formula is C20H27FIN3O2. The van der Waals surface area contributed by atoms with Gasteiger partial charge in [-0.2, -0.15) is 0 Å². The molecule has 2 N–H and O–H groups in total. The largest absolute Gasteiger partial charge is 0.493 e. The van der Waals surface area contributed by atoms with Crippen molar-refractivity contribution in [3.63, 3.8) is 0 Å². The van der Waals surface area contributed by atoms with Crippen LogP contribution in [-0.4, -0.2) is 33.8 Å². The highest BCUT2D eigenvalue weighted by molar-refractivity contribution is 14.0. The predicted octanol–water partition coefficient (Wildman–Crippen LogP) is 3.76. The summed E-state index contributed by atoms with van der Waals surface area (Å²) in [6.07, 6.45) is 1.71. The molecule has 0 spiro atoms. The van der Waals surface area contributed by atoms with E-state index in [2.05, 4.69) is 15.6 Å². The van der Waals surface area contributed by atoms with E-state index < -0.39 is 0 Å². The minimum absolute atomic E-state index is 0. The van der Waals surface area contributed by atoms with Gasteiger partial charge in [-0.15, -0.1) is 24.0 Å². The SMILES string of the molecule is CN=C(NCCCc1cccc(F)c1)NCc1ccc(OC)c(OC)c1.I. The van der Waals surface area contributed by atoms with E-state index in [1.54, 1.807) is 33.4 Å². The number of methoxy groups -OCH3 is 2. The van der Waals surface area contributed by atoms with Gasteiger partial charge >= 0.3 is 0 Å². The molecule has 0 radical (unpaired) electrons. The van der Waals surface area contributed by atoms with Gasteiger partial charge in [0.2, 0.25) is 0 Å². The van der Waals surface area contributed by atoms with Crippen LogP contribution in [0.25, 0.3) is 0 Å². The van der Waals surface area contributed by atoms with Crippen LogP contribution < -0.4 is 20.1 Å². The first-order chi connectivity index (χ1) is 12.7. The van der Waals surface area contributed by atoms with Gasteiger partial charge in [-0.1, -0.05) is 18.2 Å². The number of aryl methyl sites for hydroxylation is 1. The Morgan fingerprint density at radius 1 is 1.00 bits per heavy atom. The van der Waals surface area contributed by atoms with Crippen molar-refractivity contribution >= 4 is 29.9 Å². The zero-order valence-electron chi connectivity index (χ0n) is 15.9. The molecule has 5 nitrogen and oxygen atoms in total. The summed E-state index contributed by atoms with van der Waals surface area (Å²) < 4.78 is 23.7. The van der Waals surface area contributed by atoms with E-state index in [4.69, 9.17) is 9.47 Å². The van der Waals surface area contributed by atoms with Gasteiger partial charge in [-0.3, -0.25) is 4.99 Å². The quantitative estimate of drug-likeness (QED) is 0.258. The standard InChI is InChI=1S/C20H26FN3O2.HI/c1-22-20(23-11-5-7-15-6-4-8-17(21)12-15)24-14-16-9-10-18(25-2)19(13-16)26-3;/h4,6,8-10,12-13H,5,7,11,14H2,1-3H3,(H2,22,23,24);1H. The number of hydrogen-bond acceptors (Lipinski definition) is 3. The molecule has 0 atom stereocenters. The Labute approximate surface area is 177 Å². The number of benzene rings is 2. The lowest BCUT2D eigenvalue weighted by molar-refractivity contribution is 0.354. The fraction of sp³-hybridized carbons (Fsp3) is 0.350. The normalized spacial score (nSPS) is 10.7. The number of halogens is 2. The van der Waals surface area contributed by atoms with E-state index in [1.165, 1.54) is 6.07 Å². The van der Waals surface area contributed by atoms with Gasteiger partial charge in [0.15, 0.2) is 17.5 Å². The number of guanidine groups is 1. The summed E-state index contributed by atoms with van der Waals surface area (Å²) in [5.41, 5.74) is 2.06. The Morgan fingerprint density at radius 3 is 2.44 bits per heavy atom. The molecule has 2 aromatic carbocycles. The number of aliphatic imine (C=N–C) groups is 1. The fourth-order valence-electron chi connectivity index (χ4n) is 2.59. The van der Waals surface area contributed by atoms with Crippen LogP contribution in [0.1, 0.15) is 17.5 Å². The van der Waals surface area contributed by atoms with Crippen molar-refractivity contribution in [2.75, 3.05) is 27.8 Å². The molecule has 0 bridgehead atoms. The minimum atomic E-state index is -0.192. The number of ether oxygens (including phenoxy) is 2. The zero-order chi connectivity index (χ0) is 18.8. The van der Waals surface area contributed by atoms with E-state index in [1.807, 2.05) is 24.3 Å². The summed E-state index contributed by atoms with van der Waals surface area (Å²) in [4.78, 5) is 4.22. The van der Waals surface area contributed by atoms with Gasteiger partial charge in [-0.05, 0) is 48.2 Å². The van der Waals surface area contributed by atoms with Crippen LogP contribution >= 0.6 is 24.0 Å². The Hall–Kier alpha value is -2.03. The molecule has 0 heterocycles. The molecule has 7 heteroatoms. The molecule has 0 saturated carbocycles. The second-order valence-electron chi connectivity index (χ2n) is 5.78. The third-order valence-electron chi connectivity index (χ3n) is 3.96. The van der Waals surface area contributed by atoms with Crippen LogP contribution in [-0.2, 0) is 13.0 Å². The van der Waals surface area contributed by atoms with Gasteiger partial charge in [0.1, 0.15) is 5.82 Å². The van der Waals surface area contributed by atoms with Crippen LogP contribution in [0.15, 0.2) is 47.5 Å². The monoisotopic (exact) mass is 487 g/mol. The Kier molecular flexibility index (Phi) is 10.5. The molecule has 0 aliphatic heterocycles. The summed E-state index contributed by atoms with van der Waals surface area (Å²) in [5.74, 6) is 1.93. The number of nitrogens with one attached hydrogen (secondary N) is 2. The van der Waals surface area contributed by atoms with Crippen molar-refractivity contribution in [2.45, 2.75) is 19.4 Å². The summed E-state index contributed by atoms with van der Waals surface area (Å²) in [7, 11) is 4.97. The molecule has 148 valence electrons. The van der Waals surface area contributed by atoms with E-state index in [0.717, 1.165) is 36.5 Å². The number of rotatable bonds is 8. The lowest BCUT2D eigenvalue weighted by Crippen LogP contribution is -2.37. The maximum Gasteiger partial charge on any atom is 0.191 e. The van der Waals surface area contributed by atoms with E-state index in [9.17, 15) is 4.39 Å². The number of nitrogens with zero attached hydrogens (tertiary/aromatic N) is 1. The molecule has 0 aliphatic carbocycles. The van der Waals surface area contributed by atoms with Crippen LogP contribution in [0.4, 0.5) is 4.39 Å². The van der Waals surface area contributed by atoms with Crippen molar-refractivity contribution in [1.29, 1.82) is 0 Å². The molecule has 0 aromatic heterocycles. The Bertz CT molecular complexity index is 741. The Balaban J connectivity index is 0.00000364. The summed E-state index contributed by atoms with van der Waals surface area (Å²) in [5, 5.41) is 6.53. The molecule has 2 rings (SSSR count). The molecule has 0 saturated heterocycles. The van der Waals surface area contributed by atoms with Gasteiger partial charge < -0.3 is 20.1 Å². The first kappa shape index (κ1) is 23.0. The Morgan fingerprint density at radius 2 is 1.78 bits per heavy atom. The summed E-state index contributed by atoms with van der Waals surface area (Å²) >= 11 is 0. The van der Waals surface area contributed by atoms with Crippen molar-refractivity contribution in [2.24, 2.45) is 4.99 Å². The van der Waals surface area contributed by atoms with Gasteiger partial charge in [-0.25, -0.2) is 4.39 Å². The molecule has 0 unspecified atom stereocenters. The molecule has 2 aromatic rings. The van der Waals surface area contributed by atoms with E-state index in [0.29, 0.717) is 18.0 Å². The average Bonchev–Trinajstić information content (AvgIpc) is 2.67. The highest BCUT2D eigenvalue weighted by atomic mass is 127. The summed E-state index contributed by atoms with van der Waals surface area (Å²) in [6.45, 7) is 1.37. The second kappa shape index (κ2) is 12.4. The van der Waals surface area contributed by atoms with Gasteiger partial charge in [0, 0.05) is 20.1 Å². The smallest absolute Gasteiger partial charge is 0.191 e. The third kappa shape index (κ3) is 7.62. The van der Waals surface area contributed by atoms with Crippen LogP contribution in [0.5, 0.6) is 11.5 Å². The van der Waals surface area contributed by atoms with Crippen LogP contribution in [0.2, 0.25) is 0 Å². The lowest BCUT2D eigenvalue weighted by Gasteiger charge is -2.13. The summed E-state index contributed by atoms with van der Waals surface area (Å²) in [6, 6.07) is 12.5. The lowest BCUT2D eigenvalue weighted by atomic mass is 10.1. The van der Waals surface area contributed by atoms with Crippen LogP contribution in [0.3, 0.4) is 0 Å². The maximum atomic E-state index is 13.2. The van der Waals surface area contributed by atoms with Gasteiger partial charge in [0.05, 0.1) is 14.2 Å². The highest BCUT2D eigenvalue weighted by Crippen LogP contribution is 2.27. The second-order valence-corrected chi connectivity index (χ2v) is 5.78. The van der Waals surface area contributed by atoms with E-state index >= 15 is 0 Å². The molecule has 0 aliphatic rings. The topological polar surface area (TPSA) is 54.9 Å². The minimum Gasteiger partial charge on any atom is -0.493 e. The first-order valence-corrected chi connectivity index (χ1v) is 8.56. The van der Waals surface area contributed by atoms with Gasteiger partial charge in [0.25, 0.3) is 0 Å². The van der Waals surface area contributed by atoms with E-state index in [-0.39, 0.29) is 29.8 Å². The predicted molar refractivity (Wildman–Crippen MR) is 118 cm³/mol. The highest BCUT2D eigenvalue weighted by Gasteiger charge is 2.05. The van der Waals surface area contributed by atoms with Crippen molar-refractivity contribution in [1.82, 2.24) is 10.6 Å². The van der Waals surface area contributed by atoms with Crippen molar-refractivity contribution < 1.29 is 13.9 Å². The van der Waals surface area contributed by atoms with Crippen LogP contribution in [0, 0.1) is 5.82 Å². The third-order valence-corrected chi connectivity index (χ3v) is 3.96. The zero-order valence-corrected chi connectivity index (χ0v) is 18.3. The molecule has 27 heavy (non-hydrogen) atoms. The number of hydrogen-bond donors (Lipinski definition) is 2. The maximum absolute atomic E-state index is 13.2. The molecule has 0 amide bonds. The average molecular weight is 487 g/mol. The van der Waals surface area contributed by atoms with Crippen molar-refractivity contribution in [3.05, 3.63) is 59.4 Å². The molecular weight excluding hydrogens is 460 g/mol. The van der Waals surface area contributed by atoms with Crippen molar-refractivity contribution in [3.8, 4) is 11.5 Å².